The van der Waals surface area contributed by atoms with Gasteiger partial charge in [-0.15, -0.1) is 0 Å². The van der Waals surface area contributed by atoms with Gasteiger partial charge in [0.15, 0.2) is 5.11 Å². The second-order valence-electron chi connectivity index (χ2n) is 4.50. The van der Waals surface area contributed by atoms with Crippen LogP contribution in [0.1, 0.15) is 5.56 Å². The van der Waals surface area contributed by atoms with E-state index in [1.165, 1.54) is 12.0 Å². The lowest BCUT2D eigenvalue weighted by Gasteiger charge is -2.15. The van der Waals surface area contributed by atoms with Crippen LogP contribution in [-0.2, 0) is 4.79 Å². The number of hydrogen-bond acceptors (Lipinski definition) is 4. The predicted octanol–water partition coefficient (Wildman–Crippen LogP) is 3.67. The third-order valence-electron chi connectivity index (χ3n) is 3.13. The maximum absolute atomic E-state index is 12.5. The van der Waals surface area contributed by atoms with E-state index in [1.807, 2.05) is 16.8 Å². The van der Waals surface area contributed by atoms with Crippen molar-refractivity contribution in [2.45, 2.75) is 0 Å². The summed E-state index contributed by atoms with van der Waals surface area (Å²) in [6.45, 7) is 0. The molecule has 1 aromatic heterocycles. The third-order valence-corrected chi connectivity index (χ3v) is 4.41. The number of thiocarbonyl (C=S) groups is 1. The summed E-state index contributed by atoms with van der Waals surface area (Å²) in [6.07, 6.45) is 1.77. The maximum atomic E-state index is 12.5. The Bertz CT molecular complexity index is 772. The number of halogens is 1. The first-order valence-electron chi connectivity index (χ1n) is 6.33. The summed E-state index contributed by atoms with van der Waals surface area (Å²) in [6, 6.07) is 7.03. The van der Waals surface area contributed by atoms with Crippen LogP contribution in [0.4, 0.5) is 5.69 Å². The molecule has 1 aliphatic rings. The Morgan fingerprint density at radius 2 is 2.23 bits per heavy atom. The van der Waals surface area contributed by atoms with Gasteiger partial charge in [-0.05, 0) is 58.9 Å². The first kappa shape index (κ1) is 15.0. The monoisotopic (exact) mass is 350 g/mol. The number of methoxy groups -OCH3 is 1. The maximum Gasteiger partial charge on any atom is 0.281 e. The lowest BCUT2D eigenvalue weighted by Crippen LogP contribution is -2.30. The summed E-state index contributed by atoms with van der Waals surface area (Å²) in [5.41, 5.74) is 2.00. The number of rotatable bonds is 3. The molecule has 0 spiro atoms. The van der Waals surface area contributed by atoms with E-state index < -0.39 is 0 Å². The second kappa shape index (κ2) is 6.08. The Morgan fingerprint density at radius 3 is 2.86 bits per heavy atom. The van der Waals surface area contributed by atoms with E-state index in [2.05, 4.69) is 5.32 Å². The molecule has 1 amide bonds. The summed E-state index contributed by atoms with van der Waals surface area (Å²) >= 11 is 12.9. The highest BCUT2D eigenvalue weighted by molar-refractivity contribution is 7.80. The lowest BCUT2D eigenvalue weighted by atomic mass is 10.2. The molecule has 0 radical (unpaired) electrons. The Kier molecular flexibility index (Phi) is 4.15. The van der Waals surface area contributed by atoms with Gasteiger partial charge in [0.25, 0.3) is 5.91 Å². The van der Waals surface area contributed by atoms with Crippen LogP contribution >= 0.6 is 35.2 Å². The average molecular weight is 351 g/mol. The predicted molar refractivity (Wildman–Crippen MR) is 93.5 cm³/mol. The van der Waals surface area contributed by atoms with E-state index in [0.29, 0.717) is 27.3 Å². The Hall–Kier alpha value is -1.89. The number of benzene rings is 1. The van der Waals surface area contributed by atoms with Gasteiger partial charge < -0.3 is 10.1 Å². The molecule has 1 fully saturated rings. The summed E-state index contributed by atoms with van der Waals surface area (Å²) in [4.78, 5) is 14.0. The van der Waals surface area contributed by atoms with Gasteiger partial charge in [0.05, 0.1) is 17.8 Å². The zero-order valence-electron chi connectivity index (χ0n) is 11.5. The van der Waals surface area contributed by atoms with Gasteiger partial charge in [0.2, 0.25) is 0 Å². The fraction of sp³-hybridized carbons (Fsp3) is 0.0667. The van der Waals surface area contributed by atoms with Crippen LogP contribution in [-0.4, -0.2) is 18.1 Å². The Balaban J connectivity index is 1.93. The first-order valence-corrected chi connectivity index (χ1v) is 8.06. The molecule has 0 unspecified atom stereocenters. The molecule has 4 nitrogen and oxygen atoms in total. The van der Waals surface area contributed by atoms with Crippen LogP contribution < -0.4 is 15.0 Å². The molecule has 7 heteroatoms. The van der Waals surface area contributed by atoms with Crippen LogP contribution in [0.5, 0.6) is 5.75 Å². The lowest BCUT2D eigenvalue weighted by molar-refractivity contribution is -0.113. The van der Waals surface area contributed by atoms with Crippen molar-refractivity contribution < 1.29 is 9.53 Å². The molecule has 1 aliphatic heterocycles. The summed E-state index contributed by atoms with van der Waals surface area (Å²) < 4.78 is 5.11. The van der Waals surface area contributed by atoms with Crippen molar-refractivity contribution in [1.29, 1.82) is 0 Å². The normalized spacial score (nSPS) is 16.3. The fourth-order valence-corrected chi connectivity index (χ4v) is 3.26. The molecule has 0 bridgehead atoms. The van der Waals surface area contributed by atoms with Crippen molar-refractivity contribution in [3.05, 3.63) is 51.3 Å². The minimum Gasteiger partial charge on any atom is -0.495 e. The summed E-state index contributed by atoms with van der Waals surface area (Å²) in [5, 5.41) is 7.59. The molecule has 3 rings (SSSR count). The second-order valence-corrected chi connectivity index (χ2v) is 6.08. The van der Waals surface area contributed by atoms with Crippen molar-refractivity contribution in [3.8, 4) is 5.75 Å². The van der Waals surface area contributed by atoms with Gasteiger partial charge >= 0.3 is 0 Å². The van der Waals surface area contributed by atoms with Crippen molar-refractivity contribution >= 4 is 57.9 Å². The quantitative estimate of drug-likeness (QED) is 0.677. The topological polar surface area (TPSA) is 41.6 Å². The number of carbonyl (C=O) groups excluding carboxylic acids is 1. The molecular weight excluding hydrogens is 340 g/mol. The number of carbonyl (C=O) groups is 1. The molecular formula is C15H11ClN2O2S2. The van der Waals surface area contributed by atoms with Gasteiger partial charge in [-0.2, -0.15) is 11.3 Å². The first-order chi connectivity index (χ1) is 10.6. The van der Waals surface area contributed by atoms with Crippen LogP contribution in [0.2, 0.25) is 5.02 Å². The largest absolute Gasteiger partial charge is 0.495 e. The van der Waals surface area contributed by atoms with Gasteiger partial charge in [-0.1, -0.05) is 11.6 Å². The molecule has 1 saturated heterocycles. The van der Waals surface area contributed by atoms with Gasteiger partial charge in [0, 0.05) is 0 Å². The molecule has 2 aromatic rings. The minimum atomic E-state index is -0.211. The van der Waals surface area contributed by atoms with E-state index >= 15 is 0 Å². The number of nitrogens with one attached hydrogen (secondary N) is 1. The number of thiophene rings is 1. The third kappa shape index (κ3) is 2.72. The zero-order chi connectivity index (χ0) is 15.7. The zero-order valence-corrected chi connectivity index (χ0v) is 13.9. The highest BCUT2D eigenvalue weighted by atomic mass is 35.5. The van der Waals surface area contributed by atoms with E-state index in [1.54, 1.807) is 35.6 Å². The molecule has 22 heavy (non-hydrogen) atoms. The van der Waals surface area contributed by atoms with Crippen LogP contribution in [0.15, 0.2) is 40.7 Å². The van der Waals surface area contributed by atoms with Crippen LogP contribution in [0, 0.1) is 0 Å². The van der Waals surface area contributed by atoms with E-state index in [4.69, 9.17) is 28.6 Å². The molecule has 1 aromatic carbocycles. The Labute approximate surface area is 142 Å². The summed E-state index contributed by atoms with van der Waals surface area (Å²) in [7, 11) is 1.54. The standard InChI is InChI=1S/C15H11ClN2O2S2/c1-20-13-3-2-10(7-11(13)16)18-14(19)12(17-15(18)21)6-9-4-5-22-8-9/h2-8H,1H3,(H,17,21). The van der Waals surface area contributed by atoms with E-state index in [0.717, 1.165) is 5.56 Å². The highest BCUT2D eigenvalue weighted by Gasteiger charge is 2.32. The van der Waals surface area contributed by atoms with Crippen molar-refractivity contribution in [2.24, 2.45) is 0 Å². The van der Waals surface area contributed by atoms with Crippen LogP contribution in [0.3, 0.4) is 0 Å². The number of nitrogens with zero attached hydrogens (tertiary/aromatic N) is 1. The number of ether oxygens (including phenoxy) is 1. The molecule has 0 saturated carbocycles. The van der Waals surface area contributed by atoms with Crippen molar-refractivity contribution in [2.75, 3.05) is 12.0 Å². The van der Waals surface area contributed by atoms with Crippen LogP contribution in [0.25, 0.3) is 6.08 Å². The molecule has 0 atom stereocenters. The average Bonchev–Trinajstić information content (AvgIpc) is 3.08. The summed E-state index contributed by atoms with van der Waals surface area (Å²) in [5.74, 6) is 0.336. The Morgan fingerprint density at radius 1 is 1.41 bits per heavy atom. The fourth-order valence-electron chi connectivity index (χ4n) is 2.09. The molecule has 2 heterocycles. The SMILES string of the molecule is COc1ccc(N2C(=O)C(=Cc3ccsc3)NC2=S)cc1Cl. The molecule has 112 valence electrons. The van der Waals surface area contributed by atoms with E-state index in [-0.39, 0.29) is 5.91 Å². The smallest absolute Gasteiger partial charge is 0.281 e. The van der Waals surface area contributed by atoms with Gasteiger partial charge in [0.1, 0.15) is 11.4 Å². The minimum absolute atomic E-state index is 0.211. The van der Waals surface area contributed by atoms with Crippen molar-refractivity contribution in [1.82, 2.24) is 5.32 Å². The number of hydrogen-bond donors (Lipinski definition) is 1. The van der Waals surface area contributed by atoms with Gasteiger partial charge in [-0.3, -0.25) is 9.69 Å². The molecule has 1 N–H and O–H groups in total. The number of anilines is 1. The number of amides is 1. The van der Waals surface area contributed by atoms with E-state index in [9.17, 15) is 4.79 Å². The highest BCUT2D eigenvalue weighted by Crippen LogP contribution is 2.31. The van der Waals surface area contributed by atoms with Gasteiger partial charge in [-0.25, -0.2) is 0 Å². The molecule has 0 aliphatic carbocycles. The van der Waals surface area contributed by atoms with Crippen molar-refractivity contribution in [3.63, 3.8) is 0 Å².